The normalized spacial score (nSPS) is 15.4. The summed E-state index contributed by atoms with van der Waals surface area (Å²) in [7, 11) is 0. The molecule has 1 unspecified atom stereocenters. The van der Waals surface area contributed by atoms with Crippen molar-refractivity contribution in [3.8, 4) is 0 Å². The molecule has 1 aliphatic rings. The molecule has 0 aromatic heterocycles. The summed E-state index contributed by atoms with van der Waals surface area (Å²) in [4.78, 5) is 30.3. The SMILES string of the molecule is CCN(CC)C(C(=O)N1CCN(c2cccc([N+](=O)[O-])c2)CC1)c1ccccc1. The van der Waals surface area contributed by atoms with Crippen molar-refractivity contribution in [2.45, 2.75) is 19.9 Å². The fourth-order valence-electron chi connectivity index (χ4n) is 3.89. The Bertz CT molecular complexity index is 831. The third kappa shape index (κ3) is 4.74. The van der Waals surface area contributed by atoms with Gasteiger partial charge in [-0.15, -0.1) is 0 Å². The standard InChI is InChI=1S/C22H28N4O3/c1-3-23(4-2)21(18-9-6-5-7-10-18)22(27)25-15-13-24(14-16-25)19-11-8-12-20(17-19)26(28)29/h5-12,17,21H,3-4,13-16H2,1-2H3. The van der Waals surface area contributed by atoms with Gasteiger partial charge in [0.15, 0.2) is 0 Å². The summed E-state index contributed by atoms with van der Waals surface area (Å²) in [6.45, 7) is 8.28. The van der Waals surface area contributed by atoms with Gasteiger partial charge in [0.25, 0.3) is 5.69 Å². The van der Waals surface area contributed by atoms with Gasteiger partial charge in [0, 0.05) is 44.0 Å². The number of piperazine rings is 1. The second-order valence-corrected chi connectivity index (χ2v) is 7.12. The summed E-state index contributed by atoms with van der Waals surface area (Å²) in [5.74, 6) is 0.124. The van der Waals surface area contributed by atoms with Gasteiger partial charge in [0.05, 0.1) is 4.92 Å². The number of nitrogens with zero attached hydrogens (tertiary/aromatic N) is 4. The number of hydrogen-bond donors (Lipinski definition) is 0. The number of hydrogen-bond acceptors (Lipinski definition) is 5. The molecule has 29 heavy (non-hydrogen) atoms. The second kappa shape index (κ2) is 9.52. The zero-order valence-electron chi connectivity index (χ0n) is 17.0. The predicted molar refractivity (Wildman–Crippen MR) is 114 cm³/mol. The van der Waals surface area contributed by atoms with Crippen LogP contribution < -0.4 is 4.90 Å². The van der Waals surface area contributed by atoms with Gasteiger partial charge in [0.1, 0.15) is 6.04 Å². The van der Waals surface area contributed by atoms with Gasteiger partial charge < -0.3 is 9.80 Å². The van der Waals surface area contributed by atoms with Crippen LogP contribution in [0.2, 0.25) is 0 Å². The first kappa shape index (κ1) is 20.8. The molecule has 7 heteroatoms. The van der Waals surface area contributed by atoms with Gasteiger partial charge in [-0.1, -0.05) is 50.2 Å². The van der Waals surface area contributed by atoms with Gasteiger partial charge in [-0.25, -0.2) is 0 Å². The van der Waals surface area contributed by atoms with Crippen LogP contribution in [0.15, 0.2) is 54.6 Å². The molecule has 1 heterocycles. The van der Waals surface area contributed by atoms with Gasteiger partial charge in [-0.3, -0.25) is 19.8 Å². The second-order valence-electron chi connectivity index (χ2n) is 7.12. The van der Waals surface area contributed by atoms with E-state index in [9.17, 15) is 14.9 Å². The highest BCUT2D eigenvalue weighted by Crippen LogP contribution is 2.26. The van der Waals surface area contributed by atoms with Crippen LogP contribution in [0.25, 0.3) is 0 Å². The lowest BCUT2D eigenvalue weighted by molar-refractivity contribution is -0.384. The number of carbonyl (C=O) groups excluding carboxylic acids is 1. The fourth-order valence-corrected chi connectivity index (χ4v) is 3.89. The number of benzene rings is 2. The van der Waals surface area contributed by atoms with E-state index < -0.39 is 0 Å². The van der Waals surface area contributed by atoms with E-state index in [0.717, 1.165) is 24.3 Å². The first-order valence-electron chi connectivity index (χ1n) is 10.1. The quantitative estimate of drug-likeness (QED) is 0.530. The maximum absolute atomic E-state index is 13.4. The number of rotatable bonds is 7. The van der Waals surface area contributed by atoms with Crippen LogP contribution in [0.3, 0.4) is 0 Å². The topological polar surface area (TPSA) is 69.9 Å². The molecule has 154 valence electrons. The van der Waals surface area contributed by atoms with Crippen LogP contribution in [0, 0.1) is 10.1 Å². The van der Waals surface area contributed by atoms with E-state index >= 15 is 0 Å². The smallest absolute Gasteiger partial charge is 0.271 e. The molecular formula is C22H28N4O3. The number of nitro groups is 1. The summed E-state index contributed by atoms with van der Waals surface area (Å²) in [5.41, 5.74) is 1.93. The van der Waals surface area contributed by atoms with E-state index in [4.69, 9.17) is 0 Å². The molecule has 1 atom stereocenters. The van der Waals surface area contributed by atoms with E-state index in [2.05, 4.69) is 23.6 Å². The van der Waals surface area contributed by atoms with Gasteiger partial charge in [-0.05, 0) is 24.7 Å². The van der Waals surface area contributed by atoms with E-state index in [1.165, 1.54) is 6.07 Å². The maximum atomic E-state index is 13.4. The minimum absolute atomic E-state index is 0.0895. The third-order valence-electron chi connectivity index (χ3n) is 5.52. The zero-order valence-corrected chi connectivity index (χ0v) is 17.0. The molecule has 0 bridgehead atoms. The molecule has 0 saturated carbocycles. The van der Waals surface area contributed by atoms with E-state index in [1.807, 2.05) is 41.3 Å². The molecule has 3 rings (SSSR count). The molecule has 0 spiro atoms. The summed E-state index contributed by atoms with van der Waals surface area (Å²) in [6.07, 6.45) is 0. The summed E-state index contributed by atoms with van der Waals surface area (Å²) >= 11 is 0. The van der Waals surface area contributed by atoms with Crippen LogP contribution in [-0.2, 0) is 4.79 Å². The predicted octanol–water partition coefficient (Wildman–Crippen LogP) is 3.33. The lowest BCUT2D eigenvalue weighted by atomic mass is 10.0. The van der Waals surface area contributed by atoms with Crippen molar-refractivity contribution in [2.24, 2.45) is 0 Å². The van der Waals surface area contributed by atoms with Gasteiger partial charge in [0.2, 0.25) is 5.91 Å². The molecule has 0 N–H and O–H groups in total. The van der Waals surface area contributed by atoms with Crippen molar-refractivity contribution in [3.05, 3.63) is 70.3 Å². The third-order valence-corrected chi connectivity index (χ3v) is 5.52. The number of anilines is 1. The molecule has 0 aliphatic carbocycles. The Kier molecular flexibility index (Phi) is 6.82. The summed E-state index contributed by atoms with van der Waals surface area (Å²) in [6, 6.07) is 16.3. The van der Waals surface area contributed by atoms with Crippen LogP contribution in [0.1, 0.15) is 25.5 Å². The largest absolute Gasteiger partial charge is 0.368 e. The molecule has 2 aromatic rings. The van der Waals surface area contributed by atoms with E-state index in [1.54, 1.807) is 12.1 Å². The van der Waals surface area contributed by atoms with Crippen molar-refractivity contribution < 1.29 is 9.72 Å². The number of non-ortho nitro benzene ring substituents is 1. The molecule has 1 saturated heterocycles. The molecule has 0 radical (unpaired) electrons. The Morgan fingerprint density at radius 2 is 1.69 bits per heavy atom. The average Bonchev–Trinajstić information content (AvgIpc) is 2.77. The molecule has 1 aliphatic heterocycles. The minimum atomic E-state index is -0.377. The average molecular weight is 396 g/mol. The first-order chi connectivity index (χ1) is 14.0. The van der Waals surface area contributed by atoms with Crippen LogP contribution in [0.5, 0.6) is 0 Å². The molecule has 1 fully saturated rings. The van der Waals surface area contributed by atoms with Gasteiger partial charge in [-0.2, -0.15) is 0 Å². The zero-order chi connectivity index (χ0) is 20.8. The molecule has 2 aromatic carbocycles. The summed E-state index contributed by atoms with van der Waals surface area (Å²) < 4.78 is 0. The first-order valence-corrected chi connectivity index (χ1v) is 10.1. The van der Waals surface area contributed by atoms with E-state index in [0.29, 0.717) is 26.2 Å². The number of nitro benzene ring substituents is 1. The van der Waals surface area contributed by atoms with Crippen LogP contribution in [0.4, 0.5) is 11.4 Å². The highest BCUT2D eigenvalue weighted by atomic mass is 16.6. The highest BCUT2D eigenvalue weighted by Gasteiger charge is 2.32. The minimum Gasteiger partial charge on any atom is -0.368 e. The number of amides is 1. The molecule has 7 nitrogen and oxygen atoms in total. The molecular weight excluding hydrogens is 368 g/mol. The maximum Gasteiger partial charge on any atom is 0.271 e. The lowest BCUT2D eigenvalue weighted by Gasteiger charge is -2.39. The highest BCUT2D eigenvalue weighted by molar-refractivity contribution is 5.83. The Morgan fingerprint density at radius 1 is 1.03 bits per heavy atom. The lowest BCUT2D eigenvalue weighted by Crippen LogP contribution is -2.52. The fraction of sp³-hybridized carbons (Fsp3) is 0.409. The van der Waals surface area contributed by atoms with Crippen molar-refractivity contribution in [2.75, 3.05) is 44.2 Å². The van der Waals surface area contributed by atoms with Crippen molar-refractivity contribution in [1.82, 2.24) is 9.80 Å². The van der Waals surface area contributed by atoms with E-state index in [-0.39, 0.29) is 22.6 Å². The number of carbonyl (C=O) groups is 1. The van der Waals surface area contributed by atoms with Crippen molar-refractivity contribution >= 4 is 17.3 Å². The van der Waals surface area contributed by atoms with Crippen LogP contribution >= 0.6 is 0 Å². The van der Waals surface area contributed by atoms with Crippen LogP contribution in [-0.4, -0.2) is 59.9 Å². The van der Waals surface area contributed by atoms with Gasteiger partial charge >= 0.3 is 0 Å². The number of likely N-dealkylation sites (N-methyl/N-ethyl adjacent to an activating group) is 1. The summed E-state index contributed by atoms with van der Waals surface area (Å²) in [5, 5.41) is 11.0. The monoisotopic (exact) mass is 396 g/mol. The molecule has 1 amide bonds. The Labute approximate surface area is 171 Å². The van der Waals surface area contributed by atoms with Crippen molar-refractivity contribution in [3.63, 3.8) is 0 Å². The van der Waals surface area contributed by atoms with Crippen molar-refractivity contribution in [1.29, 1.82) is 0 Å². The Morgan fingerprint density at radius 3 is 2.28 bits per heavy atom. The Balaban J connectivity index is 1.72. The Hall–Kier alpha value is -2.93.